The smallest absolute Gasteiger partial charge is 0.253 e. The van der Waals surface area contributed by atoms with Crippen LogP contribution in [0.5, 0.6) is 11.5 Å². The van der Waals surface area contributed by atoms with Gasteiger partial charge >= 0.3 is 0 Å². The Labute approximate surface area is 292 Å². The number of nitriles is 1. The highest BCUT2D eigenvalue weighted by molar-refractivity contribution is 5.82. The normalized spacial score (nSPS) is 17.9. The summed E-state index contributed by atoms with van der Waals surface area (Å²) in [7, 11) is 5.17. The van der Waals surface area contributed by atoms with Crippen molar-refractivity contribution in [2.24, 2.45) is 18.4 Å². The number of methoxy groups -OCH3 is 2. The number of benzene rings is 2. The third-order valence-corrected chi connectivity index (χ3v) is 10.2. The maximum absolute atomic E-state index is 13.5. The third kappa shape index (κ3) is 8.20. The highest BCUT2D eigenvalue weighted by Crippen LogP contribution is 2.38. The quantitative estimate of drug-likeness (QED) is 0.253. The summed E-state index contributed by atoms with van der Waals surface area (Å²) in [5, 5.41) is 9.82. The molecule has 0 N–H and O–H groups in total. The fourth-order valence-corrected chi connectivity index (χ4v) is 7.43. The van der Waals surface area contributed by atoms with Crippen molar-refractivity contribution in [2.75, 3.05) is 46.9 Å². The van der Waals surface area contributed by atoms with Crippen LogP contribution in [0.25, 0.3) is 11.1 Å². The summed E-state index contributed by atoms with van der Waals surface area (Å²) >= 11 is 0. The molecule has 2 unspecified atom stereocenters. The molecule has 262 valence electrons. The SMILES string of the molecule is COc1cc(-c2cn(C)c(=O)c(C)c2C)cc(OC)c1CN1CCN(Cc2cccc(C3CCCN3C(=O)C(C#N)CC(C)(C)C)c2)CC1. The first-order chi connectivity index (χ1) is 23.3. The average Bonchev–Trinajstić information content (AvgIpc) is 3.58. The minimum absolute atomic E-state index is 0.0114. The van der Waals surface area contributed by atoms with Crippen LogP contribution in [0.1, 0.15) is 73.9 Å². The van der Waals surface area contributed by atoms with Crippen LogP contribution >= 0.6 is 0 Å². The molecule has 2 saturated heterocycles. The van der Waals surface area contributed by atoms with E-state index in [-0.39, 0.29) is 22.9 Å². The zero-order chi connectivity index (χ0) is 35.5. The van der Waals surface area contributed by atoms with Crippen LogP contribution in [0.15, 0.2) is 47.4 Å². The molecule has 2 aliphatic rings. The topological polar surface area (TPSA) is 91.0 Å². The van der Waals surface area contributed by atoms with E-state index in [4.69, 9.17) is 9.47 Å². The van der Waals surface area contributed by atoms with E-state index in [1.54, 1.807) is 25.8 Å². The van der Waals surface area contributed by atoms with Gasteiger partial charge in [-0.15, -0.1) is 0 Å². The maximum atomic E-state index is 13.5. The second-order valence-corrected chi connectivity index (χ2v) is 15.0. The molecule has 0 bridgehead atoms. The first-order valence-corrected chi connectivity index (χ1v) is 17.5. The molecule has 5 rings (SSSR count). The number of hydrogen-bond donors (Lipinski definition) is 0. The number of aromatic nitrogens is 1. The molecule has 2 aromatic carbocycles. The van der Waals surface area contributed by atoms with Crippen molar-refractivity contribution in [1.82, 2.24) is 19.3 Å². The molecule has 9 heteroatoms. The monoisotopic (exact) mass is 667 g/mol. The Kier molecular flexibility index (Phi) is 11.2. The molecule has 3 heterocycles. The first kappa shape index (κ1) is 36.2. The standard InChI is InChI=1S/C40H53N5O4/c1-27-28(2)38(46)42(6)25-33(27)31-20-36(48-7)34(37(21-31)49-8)26-44-17-15-43(16-18-44)24-29-11-9-12-30(19-29)35-13-10-14-45(35)39(47)32(23-41)22-40(3,4)5/h9,11-12,19-21,25,32,35H,10,13-18,22,24,26H2,1-8H3. The van der Waals surface area contributed by atoms with Crippen molar-refractivity contribution < 1.29 is 14.3 Å². The van der Waals surface area contributed by atoms with E-state index < -0.39 is 5.92 Å². The van der Waals surface area contributed by atoms with Crippen molar-refractivity contribution in [1.29, 1.82) is 5.26 Å². The molecule has 3 aromatic rings. The van der Waals surface area contributed by atoms with Gasteiger partial charge in [0.05, 0.1) is 31.9 Å². The largest absolute Gasteiger partial charge is 0.496 e. The molecule has 9 nitrogen and oxygen atoms in total. The predicted octanol–water partition coefficient (Wildman–Crippen LogP) is 6.24. The van der Waals surface area contributed by atoms with Gasteiger partial charge in [0.1, 0.15) is 17.4 Å². The zero-order valence-electron chi connectivity index (χ0n) is 30.6. The highest BCUT2D eigenvalue weighted by Gasteiger charge is 2.36. The van der Waals surface area contributed by atoms with Crippen LogP contribution in [-0.4, -0.2) is 72.1 Å². The van der Waals surface area contributed by atoms with Crippen molar-refractivity contribution in [3.8, 4) is 28.7 Å². The zero-order valence-corrected chi connectivity index (χ0v) is 30.6. The van der Waals surface area contributed by atoms with Gasteiger partial charge < -0.3 is 18.9 Å². The summed E-state index contributed by atoms with van der Waals surface area (Å²) in [6, 6.07) is 15.1. The lowest BCUT2D eigenvalue weighted by molar-refractivity contribution is -0.135. The van der Waals surface area contributed by atoms with E-state index in [2.05, 4.69) is 73.0 Å². The lowest BCUT2D eigenvalue weighted by Crippen LogP contribution is -2.45. The Balaban J connectivity index is 1.24. The van der Waals surface area contributed by atoms with Crippen molar-refractivity contribution in [3.63, 3.8) is 0 Å². The fraction of sp³-hybridized carbons (Fsp3) is 0.525. The van der Waals surface area contributed by atoms with E-state index in [1.165, 1.54) is 11.1 Å². The summed E-state index contributed by atoms with van der Waals surface area (Å²) in [6.07, 6.45) is 4.34. The van der Waals surface area contributed by atoms with Gasteiger partial charge in [-0.3, -0.25) is 19.4 Å². The van der Waals surface area contributed by atoms with Crippen molar-refractivity contribution in [2.45, 2.75) is 73.0 Å². The molecule has 0 aliphatic carbocycles. The van der Waals surface area contributed by atoms with Gasteiger partial charge in [-0.1, -0.05) is 45.0 Å². The number of hydrogen-bond acceptors (Lipinski definition) is 7. The van der Waals surface area contributed by atoms with Gasteiger partial charge in [0, 0.05) is 70.2 Å². The molecule has 49 heavy (non-hydrogen) atoms. The predicted molar refractivity (Wildman–Crippen MR) is 194 cm³/mol. The molecule has 0 spiro atoms. The number of pyridine rings is 1. The molecule has 2 atom stereocenters. The lowest BCUT2D eigenvalue weighted by Gasteiger charge is -2.35. The molecule has 1 aromatic heterocycles. The van der Waals surface area contributed by atoms with Crippen LogP contribution < -0.4 is 15.0 Å². The molecular formula is C40H53N5O4. The van der Waals surface area contributed by atoms with Crippen LogP contribution in [0.2, 0.25) is 0 Å². The average molecular weight is 668 g/mol. The third-order valence-electron chi connectivity index (χ3n) is 10.2. The van der Waals surface area contributed by atoms with Crippen molar-refractivity contribution >= 4 is 5.91 Å². The number of carbonyl (C=O) groups excluding carboxylic acids is 1. The second kappa shape index (κ2) is 15.2. The lowest BCUT2D eigenvalue weighted by atomic mass is 9.84. The number of amides is 1. The molecule has 0 saturated carbocycles. The van der Waals surface area contributed by atoms with E-state index in [0.717, 1.165) is 84.9 Å². The second-order valence-electron chi connectivity index (χ2n) is 15.0. The first-order valence-electron chi connectivity index (χ1n) is 17.5. The van der Waals surface area contributed by atoms with Gasteiger partial charge in [-0.05, 0) is 72.9 Å². The van der Waals surface area contributed by atoms with E-state index in [0.29, 0.717) is 19.5 Å². The van der Waals surface area contributed by atoms with Gasteiger partial charge in [0.25, 0.3) is 5.56 Å². The minimum Gasteiger partial charge on any atom is -0.496 e. The highest BCUT2D eigenvalue weighted by atomic mass is 16.5. The summed E-state index contributed by atoms with van der Waals surface area (Å²) in [5.74, 6) is 0.922. The number of ether oxygens (including phenoxy) is 2. The summed E-state index contributed by atoms with van der Waals surface area (Å²) < 4.78 is 13.4. The molecular weight excluding hydrogens is 614 g/mol. The Bertz CT molecular complexity index is 1730. The summed E-state index contributed by atoms with van der Waals surface area (Å²) in [4.78, 5) is 32.8. The van der Waals surface area contributed by atoms with Gasteiger partial charge in [0.2, 0.25) is 5.91 Å². The molecule has 2 aliphatic heterocycles. The Morgan fingerprint density at radius 2 is 1.59 bits per heavy atom. The molecule has 2 fully saturated rings. The summed E-state index contributed by atoms with van der Waals surface area (Å²) in [5.41, 5.74) is 7.01. The van der Waals surface area contributed by atoms with Gasteiger partial charge in [0.15, 0.2) is 0 Å². The molecule has 1 amide bonds. The fourth-order valence-electron chi connectivity index (χ4n) is 7.43. The van der Waals surface area contributed by atoms with Crippen LogP contribution in [-0.2, 0) is 24.9 Å². The number of carbonyl (C=O) groups is 1. The molecule has 0 radical (unpaired) electrons. The summed E-state index contributed by atoms with van der Waals surface area (Å²) in [6.45, 7) is 16.1. The van der Waals surface area contributed by atoms with Crippen LogP contribution in [0.3, 0.4) is 0 Å². The maximum Gasteiger partial charge on any atom is 0.253 e. The number of piperazine rings is 1. The number of aryl methyl sites for hydroxylation is 1. The van der Waals surface area contributed by atoms with Crippen LogP contribution in [0.4, 0.5) is 0 Å². The van der Waals surface area contributed by atoms with Crippen LogP contribution in [0, 0.1) is 36.5 Å². The van der Waals surface area contributed by atoms with E-state index in [1.807, 2.05) is 24.9 Å². The van der Waals surface area contributed by atoms with E-state index in [9.17, 15) is 14.9 Å². The Morgan fingerprint density at radius 3 is 2.18 bits per heavy atom. The van der Waals surface area contributed by atoms with Gasteiger partial charge in [-0.2, -0.15) is 5.26 Å². The van der Waals surface area contributed by atoms with Gasteiger partial charge in [-0.25, -0.2) is 0 Å². The Hall–Kier alpha value is -4.13. The number of nitrogens with zero attached hydrogens (tertiary/aromatic N) is 5. The minimum atomic E-state index is -0.605. The number of rotatable bonds is 10. The van der Waals surface area contributed by atoms with Crippen molar-refractivity contribution in [3.05, 3.63) is 80.8 Å². The van der Waals surface area contributed by atoms with E-state index >= 15 is 0 Å². The number of likely N-dealkylation sites (tertiary alicyclic amines) is 1. The Morgan fingerprint density at radius 1 is 0.959 bits per heavy atom.